The van der Waals surface area contributed by atoms with Crippen molar-refractivity contribution >= 4 is 29.2 Å². The number of allylic oxidation sites excluding steroid dienone is 1. The van der Waals surface area contributed by atoms with Crippen molar-refractivity contribution in [2.75, 3.05) is 11.5 Å². The van der Waals surface area contributed by atoms with Crippen molar-refractivity contribution in [2.45, 2.75) is 25.8 Å². The first-order chi connectivity index (χ1) is 15.4. The SMILES string of the molecule is CCOC(=O)C1=C(C)OC(N)=C(C#N)[C@]12C(=O)N(Cc1ccccc1Cl)c1ccccc12. The van der Waals surface area contributed by atoms with Crippen molar-refractivity contribution in [3.63, 3.8) is 0 Å². The molecule has 4 rings (SSSR count). The zero-order chi connectivity index (χ0) is 23.0. The van der Waals surface area contributed by atoms with E-state index in [0.717, 1.165) is 5.56 Å². The molecule has 2 aromatic rings. The Morgan fingerprint density at radius 3 is 2.62 bits per heavy atom. The van der Waals surface area contributed by atoms with Gasteiger partial charge in [0.15, 0.2) is 5.41 Å². The van der Waals surface area contributed by atoms with Gasteiger partial charge in [-0.2, -0.15) is 5.26 Å². The Balaban J connectivity index is 2.00. The van der Waals surface area contributed by atoms with Crippen molar-refractivity contribution in [3.05, 3.63) is 87.5 Å². The highest BCUT2D eigenvalue weighted by Crippen LogP contribution is 2.54. The number of hydrogen-bond donors (Lipinski definition) is 1. The number of amides is 1. The Bertz CT molecular complexity index is 1240. The fourth-order valence-corrected chi connectivity index (χ4v) is 4.57. The van der Waals surface area contributed by atoms with Gasteiger partial charge in [0, 0.05) is 16.3 Å². The summed E-state index contributed by atoms with van der Waals surface area (Å²) in [6, 6.07) is 16.2. The molecule has 0 aliphatic carbocycles. The van der Waals surface area contributed by atoms with Gasteiger partial charge in [0.05, 0.1) is 13.2 Å². The number of carbonyl (C=O) groups excluding carboxylic acids is 2. The van der Waals surface area contributed by atoms with Crippen LogP contribution in [0.1, 0.15) is 25.0 Å². The topological polar surface area (TPSA) is 106 Å². The Morgan fingerprint density at radius 2 is 1.94 bits per heavy atom. The van der Waals surface area contributed by atoms with Crippen molar-refractivity contribution in [2.24, 2.45) is 5.73 Å². The summed E-state index contributed by atoms with van der Waals surface area (Å²) in [5.41, 5.74) is 5.83. The number of anilines is 1. The van der Waals surface area contributed by atoms with Crippen molar-refractivity contribution in [3.8, 4) is 6.07 Å². The van der Waals surface area contributed by atoms with Crippen LogP contribution in [0.25, 0.3) is 0 Å². The van der Waals surface area contributed by atoms with E-state index in [1.807, 2.05) is 18.2 Å². The molecular formula is C24H20ClN3O4. The van der Waals surface area contributed by atoms with Crippen LogP contribution in [-0.4, -0.2) is 18.5 Å². The van der Waals surface area contributed by atoms with E-state index >= 15 is 0 Å². The molecule has 0 bridgehead atoms. The molecule has 7 nitrogen and oxygen atoms in total. The zero-order valence-corrected chi connectivity index (χ0v) is 18.3. The van der Waals surface area contributed by atoms with Gasteiger partial charge in [-0.05, 0) is 31.5 Å². The van der Waals surface area contributed by atoms with Crippen LogP contribution in [-0.2, 0) is 31.0 Å². The molecular weight excluding hydrogens is 430 g/mol. The molecule has 2 N–H and O–H groups in total. The molecule has 32 heavy (non-hydrogen) atoms. The first-order valence-corrected chi connectivity index (χ1v) is 10.4. The fourth-order valence-electron chi connectivity index (χ4n) is 4.37. The standard InChI is InChI=1S/C24H20ClN3O4/c1-3-31-22(29)20-14(2)32-21(27)17(12-26)24(20)16-9-5-7-11-19(16)28(23(24)30)13-15-8-4-6-10-18(15)25/h4-11H,3,13,27H2,1-2H3/t24-/m0/s1. The van der Waals surface area contributed by atoms with E-state index < -0.39 is 17.3 Å². The number of nitrogens with two attached hydrogens (primary N) is 1. The number of fused-ring (bicyclic) bond motifs is 2. The first-order valence-electron chi connectivity index (χ1n) is 9.99. The Morgan fingerprint density at radius 1 is 1.25 bits per heavy atom. The van der Waals surface area contributed by atoms with Gasteiger partial charge < -0.3 is 20.1 Å². The van der Waals surface area contributed by atoms with Gasteiger partial charge in [0.25, 0.3) is 0 Å². The normalized spacial score (nSPS) is 19.7. The predicted molar refractivity (Wildman–Crippen MR) is 118 cm³/mol. The lowest BCUT2D eigenvalue weighted by molar-refractivity contribution is -0.141. The number of carbonyl (C=O) groups is 2. The number of halogens is 1. The van der Waals surface area contributed by atoms with E-state index in [-0.39, 0.29) is 35.9 Å². The van der Waals surface area contributed by atoms with Crippen molar-refractivity contribution in [1.82, 2.24) is 0 Å². The molecule has 1 spiro atoms. The quantitative estimate of drug-likeness (QED) is 0.713. The number of para-hydroxylation sites is 1. The van der Waals surface area contributed by atoms with Crippen molar-refractivity contribution < 1.29 is 19.1 Å². The van der Waals surface area contributed by atoms with Gasteiger partial charge in [0.2, 0.25) is 11.8 Å². The van der Waals surface area contributed by atoms with E-state index in [1.165, 1.54) is 11.8 Å². The molecule has 162 valence electrons. The third-order valence-corrected chi connectivity index (χ3v) is 6.02. The van der Waals surface area contributed by atoms with Gasteiger partial charge in [-0.25, -0.2) is 4.79 Å². The molecule has 2 aliphatic rings. The van der Waals surface area contributed by atoms with Gasteiger partial charge in [0.1, 0.15) is 23.0 Å². The number of ether oxygens (including phenoxy) is 2. The average molecular weight is 450 g/mol. The number of nitrogens with zero attached hydrogens (tertiary/aromatic N) is 2. The molecule has 2 aromatic carbocycles. The molecule has 2 heterocycles. The van der Waals surface area contributed by atoms with Crippen LogP contribution in [0, 0.1) is 11.3 Å². The van der Waals surface area contributed by atoms with E-state index in [9.17, 15) is 14.9 Å². The Hall–Kier alpha value is -3.76. The summed E-state index contributed by atoms with van der Waals surface area (Å²) in [6.07, 6.45) is 0. The van der Waals surface area contributed by atoms with Crippen LogP contribution in [0.5, 0.6) is 0 Å². The zero-order valence-electron chi connectivity index (χ0n) is 17.5. The second-order valence-electron chi connectivity index (χ2n) is 7.35. The van der Waals surface area contributed by atoms with E-state index in [4.69, 9.17) is 26.8 Å². The summed E-state index contributed by atoms with van der Waals surface area (Å²) >= 11 is 6.35. The molecule has 0 fully saturated rings. The smallest absolute Gasteiger partial charge is 0.339 e. The molecule has 0 radical (unpaired) electrons. The number of rotatable bonds is 4. The number of esters is 1. The van der Waals surface area contributed by atoms with Crippen LogP contribution >= 0.6 is 11.6 Å². The largest absolute Gasteiger partial charge is 0.462 e. The van der Waals surface area contributed by atoms with E-state index in [2.05, 4.69) is 0 Å². The number of nitriles is 1. The maximum atomic E-state index is 14.2. The Labute approximate surface area is 190 Å². The summed E-state index contributed by atoms with van der Waals surface area (Å²) in [5.74, 6) is -1.35. The summed E-state index contributed by atoms with van der Waals surface area (Å²) in [4.78, 5) is 28.8. The maximum Gasteiger partial charge on any atom is 0.339 e. The average Bonchev–Trinajstić information content (AvgIpc) is 2.99. The lowest BCUT2D eigenvalue weighted by Crippen LogP contribution is -2.48. The third-order valence-electron chi connectivity index (χ3n) is 5.65. The molecule has 0 saturated carbocycles. The molecule has 0 unspecified atom stereocenters. The highest BCUT2D eigenvalue weighted by Gasteiger charge is 2.62. The minimum atomic E-state index is -1.77. The molecule has 0 saturated heterocycles. The molecule has 0 aromatic heterocycles. The fraction of sp³-hybridized carbons (Fsp3) is 0.208. The molecule has 1 amide bonds. The van der Waals surface area contributed by atoms with E-state index in [1.54, 1.807) is 43.3 Å². The predicted octanol–water partition coefficient (Wildman–Crippen LogP) is 3.69. The van der Waals surface area contributed by atoms with E-state index in [0.29, 0.717) is 16.3 Å². The number of benzene rings is 2. The first kappa shape index (κ1) is 21.5. The second-order valence-corrected chi connectivity index (χ2v) is 7.76. The highest BCUT2D eigenvalue weighted by atomic mass is 35.5. The van der Waals surface area contributed by atoms with Gasteiger partial charge >= 0.3 is 5.97 Å². The molecule has 1 atom stereocenters. The molecule has 2 aliphatic heterocycles. The lowest BCUT2D eigenvalue weighted by Gasteiger charge is -2.34. The minimum Gasteiger partial charge on any atom is -0.462 e. The van der Waals surface area contributed by atoms with Crippen molar-refractivity contribution in [1.29, 1.82) is 5.26 Å². The highest BCUT2D eigenvalue weighted by molar-refractivity contribution is 6.31. The summed E-state index contributed by atoms with van der Waals surface area (Å²) in [5, 5.41) is 10.5. The van der Waals surface area contributed by atoms with Gasteiger partial charge in [-0.3, -0.25) is 4.79 Å². The minimum absolute atomic E-state index is 0.0517. The Kier molecular flexibility index (Phi) is 5.41. The maximum absolute atomic E-state index is 14.2. The van der Waals surface area contributed by atoms with Crippen LogP contribution in [0.15, 0.2) is 71.3 Å². The summed E-state index contributed by atoms with van der Waals surface area (Å²) < 4.78 is 10.8. The van der Waals surface area contributed by atoms with Crippen LogP contribution < -0.4 is 10.6 Å². The summed E-state index contributed by atoms with van der Waals surface area (Å²) in [6.45, 7) is 3.42. The van der Waals surface area contributed by atoms with Gasteiger partial charge in [-0.1, -0.05) is 48.0 Å². The van der Waals surface area contributed by atoms with Crippen LogP contribution in [0.2, 0.25) is 5.02 Å². The monoisotopic (exact) mass is 449 g/mol. The molecule has 8 heteroatoms. The lowest BCUT2D eigenvalue weighted by atomic mass is 9.68. The van der Waals surface area contributed by atoms with Gasteiger partial charge in [-0.15, -0.1) is 0 Å². The summed E-state index contributed by atoms with van der Waals surface area (Å²) in [7, 11) is 0. The number of hydrogen-bond acceptors (Lipinski definition) is 6. The second kappa shape index (κ2) is 8.06. The third kappa shape index (κ3) is 2.95. The van der Waals surface area contributed by atoms with Crippen LogP contribution in [0.4, 0.5) is 5.69 Å². The van der Waals surface area contributed by atoms with Crippen LogP contribution in [0.3, 0.4) is 0 Å².